The van der Waals surface area contributed by atoms with Gasteiger partial charge in [0.25, 0.3) is 0 Å². The van der Waals surface area contributed by atoms with Crippen LogP contribution in [-0.2, 0) is 13.1 Å². The average Bonchev–Trinajstić information content (AvgIpc) is 3.07. The fourth-order valence-electron chi connectivity index (χ4n) is 4.07. The highest BCUT2D eigenvalue weighted by Gasteiger charge is 2.43. The Kier molecular flexibility index (Phi) is 4.20. The molecule has 2 aliphatic heterocycles. The predicted molar refractivity (Wildman–Crippen MR) is 84.7 cm³/mol. The predicted octanol–water partition coefficient (Wildman–Crippen LogP) is 2.40. The van der Waals surface area contributed by atoms with Crippen molar-refractivity contribution in [1.29, 1.82) is 0 Å². The first-order chi connectivity index (χ1) is 9.65. The number of halogens is 1. The monoisotopic (exact) mass is 340 g/mol. The molecule has 2 fully saturated rings. The number of nitrogens with one attached hydrogen (secondary N) is 1. The van der Waals surface area contributed by atoms with Gasteiger partial charge in [0, 0.05) is 25.7 Å². The SMILES string of the molecule is CCC1C2CNCC2CN1Cc1c(Br)c(C)nn1CC. The van der Waals surface area contributed by atoms with Crippen LogP contribution in [0.15, 0.2) is 4.47 Å². The molecule has 0 spiro atoms. The van der Waals surface area contributed by atoms with Crippen molar-refractivity contribution in [3.8, 4) is 0 Å². The van der Waals surface area contributed by atoms with Crippen molar-refractivity contribution in [2.24, 2.45) is 11.8 Å². The van der Waals surface area contributed by atoms with E-state index in [0.717, 1.165) is 36.7 Å². The maximum Gasteiger partial charge on any atom is 0.0739 e. The van der Waals surface area contributed by atoms with Gasteiger partial charge in [-0.2, -0.15) is 5.10 Å². The minimum absolute atomic E-state index is 0.724. The third-order valence-electron chi connectivity index (χ3n) is 5.05. The summed E-state index contributed by atoms with van der Waals surface area (Å²) in [7, 11) is 0. The molecule has 0 amide bonds. The van der Waals surface area contributed by atoms with Gasteiger partial charge in [-0.1, -0.05) is 6.92 Å². The van der Waals surface area contributed by atoms with Crippen LogP contribution < -0.4 is 5.32 Å². The molecule has 0 bridgehead atoms. The summed E-state index contributed by atoms with van der Waals surface area (Å²) in [5, 5.41) is 8.18. The molecule has 1 aromatic heterocycles. The molecule has 2 aliphatic rings. The fraction of sp³-hybridized carbons (Fsp3) is 0.800. The van der Waals surface area contributed by atoms with Crippen molar-refractivity contribution in [3.05, 3.63) is 15.9 Å². The van der Waals surface area contributed by atoms with Gasteiger partial charge in [-0.3, -0.25) is 9.58 Å². The van der Waals surface area contributed by atoms with Crippen LogP contribution in [0.2, 0.25) is 0 Å². The molecule has 0 radical (unpaired) electrons. The van der Waals surface area contributed by atoms with E-state index in [9.17, 15) is 0 Å². The van der Waals surface area contributed by atoms with E-state index >= 15 is 0 Å². The lowest BCUT2D eigenvalue weighted by molar-refractivity contribution is 0.204. The second-order valence-corrected chi connectivity index (χ2v) is 6.94. The maximum absolute atomic E-state index is 4.62. The van der Waals surface area contributed by atoms with E-state index in [0.29, 0.717) is 0 Å². The molecule has 5 heteroatoms. The van der Waals surface area contributed by atoms with E-state index < -0.39 is 0 Å². The van der Waals surface area contributed by atoms with Crippen LogP contribution in [0.1, 0.15) is 31.7 Å². The van der Waals surface area contributed by atoms with Crippen molar-refractivity contribution >= 4 is 15.9 Å². The summed E-state index contributed by atoms with van der Waals surface area (Å²) in [6.07, 6.45) is 1.25. The molecule has 4 nitrogen and oxygen atoms in total. The topological polar surface area (TPSA) is 33.1 Å². The Morgan fingerprint density at radius 3 is 2.85 bits per heavy atom. The largest absolute Gasteiger partial charge is 0.316 e. The standard InChI is InChI=1S/C15H25BrN4/c1-4-13-12-7-17-6-11(12)8-19(13)9-14-15(16)10(3)18-20(14)5-2/h11-13,17H,4-9H2,1-3H3. The van der Waals surface area contributed by atoms with Gasteiger partial charge in [0.1, 0.15) is 0 Å². The summed E-state index contributed by atoms with van der Waals surface area (Å²) in [5.74, 6) is 1.69. The van der Waals surface area contributed by atoms with Gasteiger partial charge < -0.3 is 5.32 Å². The fourth-order valence-corrected chi connectivity index (χ4v) is 4.48. The van der Waals surface area contributed by atoms with Crippen LogP contribution in [0, 0.1) is 18.8 Å². The first-order valence-electron chi connectivity index (χ1n) is 7.82. The Bertz CT molecular complexity index is 484. The Labute approximate surface area is 130 Å². The third kappa shape index (κ3) is 2.34. The number of hydrogen-bond donors (Lipinski definition) is 1. The minimum atomic E-state index is 0.724. The van der Waals surface area contributed by atoms with Crippen LogP contribution in [0.3, 0.4) is 0 Å². The summed E-state index contributed by atoms with van der Waals surface area (Å²) in [6.45, 7) is 12.2. The number of hydrogen-bond acceptors (Lipinski definition) is 3. The molecule has 3 atom stereocenters. The Morgan fingerprint density at radius 1 is 1.35 bits per heavy atom. The number of aromatic nitrogens is 2. The van der Waals surface area contributed by atoms with Crippen molar-refractivity contribution in [3.63, 3.8) is 0 Å². The van der Waals surface area contributed by atoms with Crippen LogP contribution in [0.4, 0.5) is 0 Å². The molecule has 2 saturated heterocycles. The van der Waals surface area contributed by atoms with Crippen LogP contribution in [-0.4, -0.2) is 40.4 Å². The van der Waals surface area contributed by atoms with E-state index in [1.165, 1.54) is 36.2 Å². The van der Waals surface area contributed by atoms with Gasteiger partial charge in [0.05, 0.1) is 15.9 Å². The smallest absolute Gasteiger partial charge is 0.0739 e. The maximum atomic E-state index is 4.62. The summed E-state index contributed by atoms with van der Waals surface area (Å²) in [5.41, 5.74) is 2.45. The summed E-state index contributed by atoms with van der Waals surface area (Å²) in [6, 6.07) is 0.724. The van der Waals surface area contributed by atoms with Gasteiger partial charge in [-0.15, -0.1) is 0 Å². The zero-order chi connectivity index (χ0) is 14.3. The van der Waals surface area contributed by atoms with Gasteiger partial charge in [-0.25, -0.2) is 0 Å². The molecule has 112 valence electrons. The minimum Gasteiger partial charge on any atom is -0.316 e. The molecule has 3 rings (SSSR count). The molecule has 3 unspecified atom stereocenters. The second kappa shape index (κ2) is 5.78. The van der Waals surface area contributed by atoms with E-state index in [2.05, 4.69) is 56.7 Å². The number of aryl methyl sites for hydroxylation is 2. The number of likely N-dealkylation sites (tertiary alicyclic amines) is 1. The molecule has 1 aromatic rings. The Hall–Kier alpha value is -0.390. The van der Waals surface area contributed by atoms with E-state index in [1.54, 1.807) is 0 Å². The van der Waals surface area contributed by atoms with Gasteiger partial charge in [-0.05, 0) is 61.1 Å². The van der Waals surface area contributed by atoms with Crippen LogP contribution in [0.5, 0.6) is 0 Å². The molecular formula is C15H25BrN4. The lowest BCUT2D eigenvalue weighted by Crippen LogP contribution is -2.35. The van der Waals surface area contributed by atoms with E-state index in [4.69, 9.17) is 0 Å². The zero-order valence-electron chi connectivity index (χ0n) is 12.7. The molecular weight excluding hydrogens is 316 g/mol. The van der Waals surface area contributed by atoms with Crippen LogP contribution >= 0.6 is 15.9 Å². The van der Waals surface area contributed by atoms with Gasteiger partial charge in [0.2, 0.25) is 0 Å². The van der Waals surface area contributed by atoms with Crippen molar-refractivity contribution < 1.29 is 0 Å². The zero-order valence-corrected chi connectivity index (χ0v) is 14.3. The molecule has 1 N–H and O–H groups in total. The number of fused-ring (bicyclic) bond motifs is 1. The summed E-state index contributed by atoms with van der Waals surface area (Å²) in [4.78, 5) is 2.68. The molecule has 0 aromatic carbocycles. The Balaban J connectivity index is 1.81. The van der Waals surface area contributed by atoms with Crippen LogP contribution in [0.25, 0.3) is 0 Å². The molecule has 0 saturated carbocycles. The van der Waals surface area contributed by atoms with E-state index in [-0.39, 0.29) is 0 Å². The van der Waals surface area contributed by atoms with Gasteiger partial charge >= 0.3 is 0 Å². The summed E-state index contributed by atoms with van der Waals surface area (Å²) < 4.78 is 3.35. The highest BCUT2D eigenvalue weighted by molar-refractivity contribution is 9.10. The molecule has 0 aliphatic carbocycles. The highest BCUT2D eigenvalue weighted by Crippen LogP contribution is 2.36. The highest BCUT2D eigenvalue weighted by atomic mass is 79.9. The molecule has 20 heavy (non-hydrogen) atoms. The molecule has 3 heterocycles. The lowest BCUT2D eigenvalue weighted by Gasteiger charge is -2.27. The number of nitrogens with zero attached hydrogens (tertiary/aromatic N) is 3. The second-order valence-electron chi connectivity index (χ2n) is 6.15. The first-order valence-corrected chi connectivity index (χ1v) is 8.61. The third-order valence-corrected chi connectivity index (χ3v) is 6.08. The quantitative estimate of drug-likeness (QED) is 0.913. The lowest BCUT2D eigenvalue weighted by atomic mass is 9.93. The van der Waals surface area contributed by atoms with Gasteiger partial charge in [0.15, 0.2) is 0 Å². The van der Waals surface area contributed by atoms with Crippen molar-refractivity contribution in [2.45, 2.75) is 46.3 Å². The summed E-state index contributed by atoms with van der Waals surface area (Å²) >= 11 is 3.73. The number of rotatable bonds is 4. The van der Waals surface area contributed by atoms with Crippen molar-refractivity contribution in [2.75, 3.05) is 19.6 Å². The first kappa shape index (κ1) is 14.5. The Morgan fingerprint density at radius 2 is 2.15 bits per heavy atom. The van der Waals surface area contributed by atoms with Crippen molar-refractivity contribution in [1.82, 2.24) is 20.0 Å². The van der Waals surface area contributed by atoms with E-state index in [1.807, 2.05) is 0 Å². The normalized spacial score (nSPS) is 30.1. The average molecular weight is 341 g/mol.